The number of hydrogen-bond acceptors (Lipinski definition) is 2. The monoisotopic (exact) mass is 534 g/mol. The molecule has 5 heteroatoms. The van der Waals surface area contributed by atoms with E-state index in [-0.39, 0.29) is 20.1 Å². The molecule has 0 saturated heterocycles. The molecule has 0 aliphatic heterocycles. The third kappa shape index (κ3) is 3.53. The standard InChI is InChI=1S/C22H21N4.Ir/c1-15-7-5-8-16(2)21(15)25-12-11-23-22(25)19-9-6-10-20(14-19)26-18(4)13-17(3)24-26;/h5-8,10-14H,1-4H3;/q-1;. The molecule has 0 amide bonds. The molecule has 139 valence electrons. The molecule has 0 bridgehead atoms. The average Bonchev–Trinajstić information content (AvgIpc) is 3.21. The van der Waals surface area contributed by atoms with Crippen LogP contribution in [0, 0.1) is 33.8 Å². The van der Waals surface area contributed by atoms with E-state index in [1.807, 2.05) is 36.1 Å². The van der Waals surface area contributed by atoms with Gasteiger partial charge in [-0.2, -0.15) is 5.10 Å². The van der Waals surface area contributed by atoms with Gasteiger partial charge in [-0.15, -0.1) is 29.8 Å². The molecule has 0 unspecified atom stereocenters. The summed E-state index contributed by atoms with van der Waals surface area (Å²) in [6.07, 6.45) is 3.85. The first-order valence-corrected chi connectivity index (χ1v) is 8.70. The Morgan fingerprint density at radius 2 is 1.70 bits per heavy atom. The van der Waals surface area contributed by atoms with Gasteiger partial charge in [0.15, 0.2) is 0 Å². The Bertz CT molecular complexity index is 1070. The molecule has 2 heterocycles. The summed E-state index contributed by atoms with van der Waals surface area (Å²) in [5.74, 6) is 0.880. The summed E-state index contributed by atoms with van der Waals surface area (Å²) in [7, 11) is 0. The summed E-state index contributed by atoms with van der Waals surface area (Å²) < 4.78 is 4.10. The summed E-state index contributed by atoms with van der Waals surface area (Å²) >= 11 is 0. The van der Waals surface area contributed by atoms with Crippen LogP contribution in [0.5, 0.6) is 0 Å². The summed E-state index contributed by atoms with van der Waals surface area (Å²) in [5.41, 5.74) is 7.69. The third-order valence-corrected chi connectivity index (χ3v) is 4.60. The maximum atomic E-state index is 4.61. The molecule has 0 aliphatic carbocycles. The molecule has 0 aliphatic rings. The number of hydrogen-bond donors (Lipinski definition) is 0. The smallest absolute Gasteiger partial charge is 0.0603 e. The van der Waals surface area contributed by atoms with Crippen molar-refractivity contribution in [2.45, 2.75) is 27.7 Å². The fraction of sp³-hybridized carbons (Fsp3) is 0.182. The maximum absolute atomic E-state index is 4.61. The number of aryl methyl sites for hydroxylation is 4. The summed E-state index contributed by atoms with van der Waals surface area (Å²) in [6, 6.07) is 17.8. The van der Waals surface area contributed by atoms with Gasteiger partial charge in [-0.25, -0.2) is 0 Å². The zero-order valence-electron chi connectivity index (χ0n) is 15.8. The zero-order chi connectivity index (χ0) is 18.3. The quantitative estimate of drug-likeness (QED) is 0.356. The van der Waals surface area contributed by atoms with Crippen LogP contribution in [0.4, 0.5) is 0 Å². The number of imidazole rings is 1. The van der Waals surface area contributed by atoms with Crippen LogP contribution < -0.4 is 0 Å². The minimum Gasteiger partial charge on any atom is -0.340 e. The Morgan fingerprint density at radius 1 is 0.963 bits per heavy atom. The number of aromatic nitrogens is 4. The molecular formula is C22H21IrN4-. The van der Waals surface area contributed by atoms with Crippen LogP contribution in [0.2, 0.25) is 0 Å². The molecule has 27 heavy (non-hydrogen) atoms. The minimum absolute atomic E-state index is 0. The molecular weight excluding hydrogens is 512 g/mol. The van der Waals surface area contributed by atoms with Crippen molar-refractivity contribution in [2.24, 2.45) is 0 Å². The van der Waals surface area contributed by atoms with Crippen LogP contribution in [0.25, 0.3) is 22.8 Å². The van der Waals surface area contributed by atoms with Crippen molar-refractivity contribution in [3.05, 3.63) is 83.4 Å². The summed E-state index contributed by atoms with van der Waals surface area (Å²) in [6.45, 7) is 8.32. The number of para-hydroxylation sites is 1. The topological polar surface area (TPSA) is 35.6 Å². The second-order valence-corrected chi connectivity index (χ2v) is 6.66. The first-order valence-electron chi connectivity index (χ1n) is 8.70. The Balaban J connectivity index is 0.00000210. The van der Waals surface area contributed by atoms with Gasteiger partial charge in [0.25, 0.3) is 0 Å². The molecule has 0 saturated carbocycles. The molecule has 4 aromatic rings. The van der Waals surface area contributed by atoms with Crippen molar-refractivity contribution in [3.8, 4) is 22.8 Å². The van der Waals surface area contributed by atoms with E-state index >= 15 is 0 Å². The van der Waals surface area contributed by atoms with E-state index in [4.69, 9.17) is 0 Å². The Morgan fingerprint density at radius 3 is 2.37 bits per heavy atom. The SMILES string of the molecule is Cc1cc(C)n(-c2cc[c-]c(-c3nccn3-c3c(C)cccc3C)c2)n1.[Ir]. The first-order chi connectivity index (χ1) is 12.5. The van der Waals surface area contributed by atoms with Gasteiger partial charge in [0.1, 0.15) is 0 Å². The van der Waals surface area contributed by atoms with Gasteiger partial charge in [0, 0.05) is 43.9 Å². The van der Waals surface area contributed by atoms with Crippen molar-refractivity contribution in [3.63, 3.8) is 0 Å². The minimum atomic E-state index is 0. The average molecular weight is 534 g/mol. The van der Waals surface area contributed by atoms with E-state index in [1.54, 1.807) is 0 Å². The van der Waals surface area contributed by atoms with Crippen LogP contribution in [0.1, 0.15) is 22.5 Å². The van der Waals surface area contributed by atoms with Gasteiger partial charge in [-0.3, -0.25) is 9.67 Å². The van der Waals surface area contributed by atoms with Gasteiger partial charge in [-0.05, 0) is 50.6 Å². The number of nitrogens with zero attached hydrogens (tertiary/aromatic N) is 4. The van der Waals surface area contributed by atoms with Gasteiger partial charge in [0.05, 0.1) is 11.5 Å². The van der Waals surface area contributed by atoms with E-state index in [1.165, 1.54) is 16.8 Å². The Kier molecular flexibility index (Phi) is 5.45. The van der Waals surface area contributed by atoms with Crippen LogP contribution in [0.15, 0.2) is 54.9 Å². The fourth-order valence-electron chi connectivity index (χ4n) is 3.47. The largest absolute Gasteiger partial charge is 0.340 e. The van der Waals surface area contributed by atoms with Crippen molar-refractivity contribution < 1.29 is 20.1 Å². The van der Waals surface area contributed by atoms with Crippen LogP contribution in [-0.2, 0) is 20.1 Å². The molecule has 0 spiro atoms. The molecule has 4 rings (SSSR count). The molecule has 0 N–H and O–H groups in total. The van der Waals surface area contributed by atoms with E-state index < -0.39 is 0 Å². The van der Waals surface area contributed by atoms with Crippen molar-refractivity contribution >= 4 is 0 Å². The molecule has 0 fully saturated rings. The maximum Gasteiger partial charge on any atom is 0.0603 e. The molecule has 4 nitrogen and oxygen atoms in total. The van der Waals surface area contributed by atoms with Crippen LogP contribution in [-0.4, -0.2) is 19.3 Å². The van der Waals surface area contributed by atoms with Gasteiger partial charge >= 0.3 is 0 Å². The van der Waals surface area contributed by atoms with Gasteiger partial charge in [0.2, 0.25) is 0 Å². The van der Waals surface area contributed by atoms with Crippen LogP contribution >= 0.6 is 0 Å². The van der Waals surface area contributed by atoms with Crippen molar-refractivity contribution in [2.75, 3.05) is 0 Å². The second kappa shape index (κ2) is 7.63. The number of rotatable bonds is 3. The second-order valence-electron chi connectivity index (χ2n) is 6.66. The number of benzene rings is 2. The van der Waals surface area contributed by atoms with Crippen LogP contribution in [0.3, 0.4) is 0 Å². The van der Waals surface area contributed by atoms with Crippen molar-refractivity contribution in [1.82, 2.24) is 19.3 Å². The fourth-order valence-corrected chi connectivity index (χ4v) is 3.47. The summed E-state index contributed by atoms with van der Waals surface area (Å²) in [4.78, 5) is 4.61. The third-order valence-electron chi connectivity index (χ3n) is 4.60. The molecule has 0 atom stereocenters. The van der Waals surface area contributed by atoms with E-state index in [0.29, 0.717) is 0 Å². The predicted octanol–water partition coefficient (Wildman–Crippen LogP) is 4.76. The Hall–Kier alpha value is -2.49. The molecule has 2 aromatic heterocycles. The molecule has 1 radical (unpaired) electrons. The first kappa shape index (κ1) is 19.3. The molecule has 2 aromatic carbocycles. The zero-order valence-corrected chi connectivity index (χ0v) is 18.2. The van der Waals surface area contributed by atoms with E-state index in [9.17, 15) is 0 Å². The van der Waals surface area contributed by atoms with E-state index in [2.05, 4.69) is 71.8 Å². The van der Waals surface area contributed by atoms with E-state index in [0.717, 1.165) is 28.5 Å². The predicted molar refractivity (Wildman–Crippen MR) is 104 cm³/mol. The Labute approximate surface area is 173 Å². The van der Waals surface area contributed by atoms with Crippen molar-refractivity contribution in [1.29, 1.82) is 0 Å². The normalized spacial score (nSPS) is 10.7. The van der Waals surface area contributed by atoms with Gasteiger partial charge in [-0.1, -0.05) is 18.2 Å². The summed E-state index contributed by atoms with van der Waals surface area (Å²) in [5, 5.41) is 4.59. The van der Waals surface area contributed by atoms with Gasteiger partial charge < -0.3 is 4.57 Å².